The van der Waals surface area contributed by atoms with Gasteiger partial charge in [0.05, 0.1) is 0 Å². The maximum Gasteiger partial charge on any atom is 0.331 e. The van der Waals surface area contributed by atoms with Crippen LogP contribution in [0.3, 0.4) is 0 Å². The van der Waals surface area contributed by atoms with Gasteiger partial charge in [0.15, 0.2) is 6.61 Å². The fraction of sp³-hybridized carbons (Fsp3) is 0.0625. The first kappa shape index (κ1) is 15.5. The van der Waals surface area contributed by atoms with Crippen LogP contribution in [0.4, 0.5) is 0 Å². The van der Waals surface area contributed by atoms with Crippen molar-refractivity contribution in [1.29, 1.82) is 0 Å². The third-order valence-electron chi connectivity index (χ3n) is 2.84. The Labute approximate surface area is 141 Å². The molecule has 0 aliphatic carbocycles. The number of nitrogens with zero attached hydrogens (tertiary/aromatic N) is 2. The van der Waals surface area contributed by atoms with Crippen molar-refractivity contribution in [2.24, 2.45) is 0 Å². The highest BCUT2D eigenvalue weighted by Crippen LogP contribution is 2.18. The van der Waals surface area contributed by atoms with Gasteiger partial charge in [0, 0.05) is 21.5 Å². The first-order valence-corrected chi connectivity index (χ1v) is 7.93. The van der Waals surface area contributed by atoms with Gasteiger partial charge < -0.3 is 9.26 Å². The average Bonchev–Trinajstić information content (AvgIpc) is 3.23. The Hall–Kier alpha value is -2.44. The van der Waals surface area contributed by atoms with Gasteiger partial charge in [-0.3, -0.25) is 0 Å². The molecule has 0 unspecified atom stereocenters. The minimum atomic E-state index is -0.468. The Bertz CT molecular complexity index is 810. The minimum absolute atomic E-state index is 0.0752. The lowest BCUT2D eigenvalue weighted by Crippen LogP contribution is -2.00. The molecule has 0 spiro atoms. The Morgan fingerprint density at radius 3 is 2.87 bits per heavy atom. The van der Waals surface area contributed by atoms with Gasteiger partial charge in [-0.2, -0.15) is 4.98 Å². The van der Waals surface area contributed by atoms with Crippen LogP contribution in [0.25, 0.3) is 17.5 Å². The van der Waals surface area contributed by atoms with Crippen molar-refractivity contribution in [1.82, 2.24) is 10.1 Å². The molecule has 0 N–H and O–H groups in total. The third-order valence-corrected chi connectivity index (χ3v) is 3.92. The Morgan fingerprint density at radius 1 is 1.30 bits per heavy atom. The second-order valence-electron chi connectivity index (χ2n) is 4.48. The number of carbonyl (C=O) groups is 1. The Morgan fingerprint density at radius 2 is 2.13 bits per heavy atom. The van der Waals surface area contributed by atoms with Crippen molar-refractivity contribution in [2.75, 3.05) is 0 Å². The summed E-state index contributed by atoms with van der Waals surface area (Å²) in [7, 11) is 0. The van der Waals surface area contributed by atoms with E-state index in [9.17, 15) is 4.79 Å². The van der Waals surface area contributed by atoms with E-state index in [0.717, 1.165) is 10.4 Å². The standard InChI is InChI=1S/C16H11ClN2O3S/c17-12-5-3-11(4-6-12)16-18-14(22-19-16)10-21-15(20)8-7-13-2-1-9-23-13/h1-9H,10H2/b8-7+. The molecule has 5 nitrogen and oxygen atoms in total. The van der Waals surface area contributed by atoms with Crippen LogP contribution in [0.1, 0.15) is 10.8 Å². The van der Waals surface area contributed by atoms with E-state index in [2.05, 4.69) is 10.1 Å². The molecular formula is C16H11ClN2O3S. The number of aromatic nitrogens is 2. The molecule has 0 radical (unpaired) electrons. The van der Waals surface area contributed by atoms with Gasteiger partial charge in [0.2, 0.25) is 5.82 Å². The van der Waals surface area contributed by atoms with Crippen LogP contribution in [-0.4, -0.2) is 16.1 Å². The van der Waals surface area contributed by atoms with E-state index in [4.69, 9.17) is 20.9 Å². The molecule has 0 bridgehead atoms. The summed E-state index contributed by atoms with van der Waals surface area (Å²) in [6.07, 6.45) is 3.06. The number of rotatable bonds is 5. The highest BCUT2D eigenvalue weighted by molar-refractivity contribution is 7.10. The lowest BCUT2D eigenvalue weighted by atomic mass is 10.2. The van der Waals surface area contributed by atoms with Gasteiger partial charge in [-0.1, -0.05) is 22.8 Å². The molecule has 0 saturated heterocycles. The zero-order valence-electron chi connectivity index (χ0n) is 11.8. The lowest BCUT2D eigenvalue weighted by Gasteiger charge is -1.96. The van der Waals surface area contributed by atoms with Gasteiger partial charge >= 0.3 is 5.97 Å². The average molecular weight is 347 g/mol. The molecule has 0 aliphatic rings. The number of thiophene rings is 1. The molecule has 0 aliphatic heterocycles. The summed E-state index contributed by atoms with van der Waals surface area (Å²) in [6, 6.07) is 10.9. The second-order valence-corrected chi connectivity index (χ2v) is 5.89. The molecule has 116 valence electrons. The first-order valence-electron chi connectivity index (χ1n) is 6.67. The molecule has 0 fully saturated rings. The first-order chi connectivity index (χ1) is 11.2. The monoisotopic (exact) mass is 346 g/mol. The topological polar surface area (TPSA) is 65.2 Å². The summed E-state index contributed by atoms with van der Waals surface area (Å²) in [5, 5.41) is 6.40. The predicted molar refractivity (Wildman–Crippen MR) is 87.9 cm³/mol. The van der Waals surface area contributed by atoms with Gasteiger partial charge in [-0.25, -0.2) is 4.79 Å². The number of hydrogen-bond acceptors (Lipinski definition) is 6. The number of benzene rings is 1. The zero-order chi connectivity index (χ0) is 16.1. The van der Waals surface area contributed by atoms with Gasteiger partial charge in [-0.15, -0.1) is 11.3 Å². The van der Waals surface area contributed by atoms with E-state index in [1.54, 1.807) is 30.3 Å². The van der Waals surface area contributed by atoms with Crippen LogP contribution >= 0.6 is 22.9 Å². The maximum absolute atomic E-state index is 11.6. The molecule has 1 aromatic carbocycles. The number of ether oxygens (including phenoxy) is 1. The molecule has 7 heteroatoms. The summed E-state index contributed by atoms with van der Waals surface area (Å²) in [5.41, 5.74) is 0.772. The van der Waals surface area contributed by atoms with E-state index >= 15 is 0 Å². The van der Waals surface area contributed by atoms with Gasteiger partial charge in [0.25, 0.3) is 5.89 Å². The largest absolute Gasteiger partial charge is 0.452 e. The smallest absolute Gasteiger partial charge is 0.331 e. The number of hydrogen-bond donors (Lipinski definition) is 0. The van der Waals surface area contributed by atoms with E-state index < -0.39 is 5.97 Å². The molecule has 3 rings (SSSR count). The van der Waals surface area contributed by atoms with Crippen molar-refractivity contribution in [3.05, 3.63) is 63.6 Å². The Kier molecular flexibility index (Phi) is 4.85. The van der Waals surface area contributed by atoms with Crippen LogP contribution in [0.2, 0.25) is 5.02 Å². The van der Waals surface area contributed by atoms with Crippen molar-refractivity contribution < 1.29 is 14.1 Å². The van der Waals surface area contributed by atoms with Crippen LogP contribution in [0.5, 0.6) is 0 Å². The maximum atomic E-state index is 11.6. The fourth-order valence-corrected chi connectivity index (χ4v) is 2.49. The highest BCUT2D eigenvalue weighted by Gasteiger charge is 2.10. The fourth-order valence-electron chi connectivity index (χ4n) is 1.75. The molecule has 2 aromatic heterocycles. The molecule has 0 amide bonds. The molecule has 2 heterocycles. The normalized spacial score (nSPS) is 11.0. The summed E-state index contributed by atoms with van der Waals surface area (Å²) >= 11 is 7.36. The predicted octanol–water partition coefficient (Wildman–Crippen LogP) is 4.21. The molecule has 0 saturated carbocycles. The van der Waals surface area contributed by atoms with Crippen LogP contribution in [0.15, 0.2) is 52.4 Å². The van der Waals surface area contributed by atoms with E-state index in [1.807, 2.05) is 17.5 Å². The molecule has 23 heavy (non-hydrogen) atoms. The van der Waals surface area contributed by atoms with Crippen molar-refractivity contribution in [3.8, 4) is 11.4 Å². The van der Waals surface area contributed by atoms with Crippen molar-refractivity contribution in [2.45, 2.75) is 6.61 Å². The number of carbonyl (C=O) groups excluding carboxylic acids is 1. The summed E-state index contributed by atoms with van der Waals surface area (Å²) in [5.74, 6) is 0.180. The Balaban J connectivity index is 1.57. The van der Waals surface area contributed by atoms with E-state index in [0.29, 0.717) is 10.8 Å². The highest BCUT2D eigenvalue weighted by atomic mass is 35.5. The van der Waals surface area contributed by atoms with Gasteiger partial charge in [0.1, 0.15) is 0 Å². The molecule has 0 atom stereocenters. The zero-order valence-corrected chi connectivity index (χ0v) is 13.4. The summed E-state index contributed by atoms with van der Waals surface area (Å²) < 4.78 is 10.1. The SMILES string of the molecule is O=C(/C=C/c1cccs1)OCc1nc(-c2ccc(Cl)cc2)no1. The minimum Gasteiger partial charge on any atom is -0.452 e. The second kappa shape index (κ2) is 7.21. The van der Waals surface area contributed by atoms with Crippen molar-refractivity contribution in [3.63, 3.8) is 0 Å². The van der Waals surface area contributed by atoms with Crippen LogP contribution < -0.4 is 0 Å². The summed E-state index contributed by atoms with van der Waals surface area (Å²) in [6.45, 7) is -0.0752. The third kappa shape index (κ3) is 4.28. The lowest BCUT2D eigenvalue weighted by molar-refractivity contribution is -0.139. The van der Waals surface area contributed by atoms with E-state index in [1.165, 1.54) is 17.4 Å². The summed E-state index contributed by atoms with van der Waals surface area (Å²) in [4.78, 5) is 16.8. The quantitative estimate of drug-likeness (QED) is 0.511. The van der Waals surface area contributed by atoms with Crippen molar-refractivity contribution >= 4 is 35.0 Å². The number of esters is 1. The van der Waals surface area contributed by atoms with Crippen LogP contribution in [0, 0.1) is 0 Å². The van der Waals surface area contributed by atoms with Crippen LogP contribution in [-0.2, 0) is 16.1 Å². The molecule has 3 aromatic rings. The van der Waals surface area contributed by atoms with E-state index in [-0.39, 0.29) is 12.5 Å². The molecular weight excluding hydrogens is 336 g/mol. The van der Waals surface area contributed by atoms with Gasteiger partial charge in [-0.05, 0) is 41.8 Å². The number of halogens is 1.